The number of amides is 1. The quantitative estimate of drug-likeness (QED) is 0.179. The van der Waals surface area contributed by atoms with Gasteiger partial charge in [-0.2, -0.15) is 0 Å². The Morgan fingerprint density at radius 2 is 1.41 bits per heavy atom. The molecular weight excluding hydrogens is 610 g/mol. The first kappa shape index (κ1) is 33.2. The summed E-state index contributed by atoms with van der Waals surface area (Å²) in [7, 11) is 0. The smallest absolute Gasteiger partial charge is 0.410 e. The molecule has 49 heavy (non-hydrogen) atoms. The Balaban J connectivity index is 0.958. The fourth-order valence-corrected chi connectivity index (χ4v) is 7.54. The van der Waals surface area contributed by atoms with E-state index in [1.54, 1.807) is 4.90 Å². The van der Waals surface area contributed by atoms with Crippen molar-refractivity contribution < 1.29 is 23.7 Å². The molecule has 0 radical (unpaired) electrons. The third-order valence-electron chi connectivity index (χ3n) is 10.1. The number of likely N-dealkylation sites (tertiary alicyclic amines) is 1. The molecule has 256 valence electrons. The number of carbonyl (C=O) groups excluding carboxylic acids is 1. The first-order valence-electron chi connectivity index (χ1n) is 18.0. The Morgan fingerprint density at radius 1 is 0.735 bits per heavy atom. The van der Waals surface area contributed by atoms with Crippen LogP contribution in [-0.2, 0) is 22.5 Å². The van der Waals surface area contributed by atoms with Crippen molar-refractivity contribution in [3.63, 3.8) is 0 Å². The lowest BCUT2D eigenvalue weighted by Gasteiger charge is -2.40. The van der Waals surface area contributed by atoms with Gasteiger partial charge in [0, 0.05) is 31.8 Å². The monoisotopic (exact) mass is 659 g/mol. The van der Waals surface area contributed by atoms with Gasteiger partial charge in [-0.15, -0.1) is 0 Å². The van der Waals surface area contributed by atoms with Crippen LogP contribution in [-0.4, -0.2) is 48.0 Å². The molecule has 1 heterocycles. The van der Waals surface area contributed by atoms with Gasteiger partial charge >= 0.3 is 6.09 Å². The van der Waals surface area contributed by atoms with Crippen LogP contribution in [0.4, 0.5) is 4.79 Å². The molecule has 6 heteroatoms. The van der Waals surface area contributed by atoms with Crippen molar-refractivity contribution in [2.45, 2.75) is 102 Å². The van der Waals surface area contributed by atoms with E-state index in [1.807, 2.05) is 26.8 Å². The second kappa shape index (κ2) is 14.7. The average Bonchev–Trinajstić information content (AvgIpc) is 3.10. The largest absolute Gasteiger partial charge is 0.490 e. The number of aryl methyl sites for hydroxylation is 1. The molecule has 1 amide bonds. The highest BCUT2D eigenvalue weighted by Gasteiger charge is 2.36. The van der Waals surface area contributed by atoms with Crippen LogP contribution in [0.3, 0.4) is 0 Å². The highest BCUT2D eigenvalue weighted by molar-refractivity contribution is 5.68. The first-order valence-corrected chi connectivity index (χ1v) is 18.0. The zero-order valence-electron chi connectivity index (χ0n) is 29.1. The minimum Gasteiger partial charge on any atom is -0.490 e. The summed E-state index contributed by atoms with van der Waals surface area (Å²) in [6.45, 7) is 7.64. The number of fused-ring (bicyclic) bond motifs is 1. The second-order valence-corrected chi connectivity index (χ2v) is 14.9. The van der Waals surface area contributed by atoms with E-state index in [4.69, 9.17) is 18.9 Å². The van der Waals surface area contributed by atoms with Crippen LogP contribution in [0.5, 0.6) is 11.5 Å². The Bertz CT molecular complexity index is 1670. The molecule has 0 aromatic heterocycles. The van der Waals surface area contributed by atoms with Crippen molar-refractivity contribution in [2.24, 2.45) is 0 Å². The van der Waals surface area contributed by atoms with Gasteiger partial charge in [-0.25, -0.2) is 4.79 Å². The van der Waals surface area contributed by atoms with Crippen molar-refractivity contribution in [3.05, 3.63) is 131 Å². The van der Waals surface area contributed by atoms with Crippen LogP contribution in [0.25, 0.3) is 0 Å². The van der Waals surface area contributed by atoms with E-state index < -0.39 is 5.60 Å². The summed E-state index contributed by atoms with van der Waals surface area (Å²) >= 11 is 0. The van der Waals surface area contributed by atoms with E-state index in [0.717, 1.165) is 50.0 Å². The van der Waals surface area contributed by atoms with Gasteiger partial charge in [-0.1, -0.05) is 78.9 Å². The molecule has 1 saturated carbocycles. The van der Waals surface area contributed by atoms with Crippen molar-refractivity contribution in [1.82, 2.24) is 4.90 Å². The van der Waals surface area contributed by atoms with Gasteiger partial charge in [0.05, 0.1) is 12.2 Å². The molecule has 0 unspecified atom stereocenters. The number of nitrogens with zero attached hydrogens (tertiary/aromatic N) is 1. The van der Waals surface area contributed by atoms with E-state index in [2.05, 4.69) is 97.1 Å². The first-order chi connectivity index (χ1) is 23.8. The summed E-state index contributed by atoms with van der Waals surface area (Å²) in [5.41, 5.74) is 6.16. The van der Waals surface area contributed by atoms with Gasteiger partial charge in [0.2, 0.25) is 0 Å². The maximum Gasteiger partial charge on any atom is 0.410 e. The number of carbonyl (C=O) groups is 1. The molecule has 1 aliphatic heterocycles. The Morgan fingerprint density at radius 3 is 2.10 bits per heavy atom. The number of hydrogen-bond acceptors (Lipinski definition) is 5. The summed E-state index contributed by atoms with van der Waals surface area (Å²) < 4.78 is 24.5. The van der Waals surface area contributed by atoms with Crippen LogP contribution in [0.1, 0.15) is 92.5 Å². The van der Waals surface area contributed by atoms with Crippen LogP contribution < -0.4 is 9.47 Å². The zero-order valence-corrected chi connectivity index (χ0v) is 29.1. The molecule has 7 rings (SSSR count). The fraction of sp³-hybridized carbons (Fsp3) is 0.419. The molecule has 3 aliphatic rings. The SMILES string of the molecule is CC(C)(C)OC(=O)N1CCC(O[C@H]2C[C@H](Oc3ccc([C@@H]4c5ccc(OCc6ccccc6)cc5CC[C@@H]4c4ccccc4)cc3)C2)CC1. The number of benzene rings is 4. The average molecular weight is 660 g/mol. The summed E-state index contributed by atoms with van der Waals surface area (Å²) in [4.78, 5) is 14.2. The van der Waals surface area contributed by atoms with E-state index in [9.17, 15) is 4.79 Å². The van der Waals surface area contributed by atoms with Crippen LogP contribution in [0.2, 0.25) is 0 Å². The molecular formula is C43H49NO5. The maximum absolute atomic E-state index is 12.4. The lowest BCUT2D eigenvalue weighted by molar-refractivity contribution is -0.109. The van der Waals surface area contributed by atoms with Gasteiger partial charge < -0.3 is 23.8 Å². The topological polar surface area (TPSA) is 57.2 Å². The third-order valence-corrected chi connectivity index (χ3v) is 10.1. The summed E-state index contributed by atoms with van der Waals surface area (Å²) in [5.74, 6) is 2.50. The molecule has 1 saturated heterocycles. The minimum atomic E-state index is -0.471. The second-order valence-electron chi connectivity index (χ2n) is 14.9. The van der Waals surface area contributed by atoms with Crippen LogP contribution >= 0.6 is 0 Å². The third kappa shape index (κ3) is 8.30. The van der Waals surface area contributed by atoms with Crippen molar-refractivity contribution in [1.29, 1.82) is 0 Å². The van der Waals surface area contributed by atoms with Crippen molar-refractivity contribution >= 4 is 6.09 Å². The summed E-state index contributed by atoms with van der Waals surface area (Å²) in [6.07, 6.45) is 5.95. The van der Waals surface area contributed by atoms with Gasteiger partial charge in [-0.05, 0) is 104 Å². The molecule has 2 fully saturated rings. The molecule has 0 bridgehead atoms. The van der Waals surface area contributed by atoms with E-state index in [0.29, 0.717) is 25.6 Å². The predicted molar refractivity (Wildman–Crippen MR) is 192 cm³/mol. The lowest BCUT2D eigenvalue weighted by Crippen LogP contribution is -2.46. The fourth-order valence-electron chi connectivity index (χ4n) is 7.54. The molecule has 2 aliphatic carbocycles. The Hall–Kier alpha value is -4.29. The molecule has 4 aromatic rings. The molecule has 0 N–H and O–H groups in total. The molecule has 4 aromatic carbocycles. The Labute approximate surface area is 291 Å². The van der Waals surface area contributed by atoms with Gasteiger partial charge in [-0.3, -0.25) is 0 Å². The number of ether oxygens (including phenoxy) is 4. The van der Waals surface area contributed by atoms with Crippen molar-refractivity contribution in [2.75, 3.05) is 13.1 Å². The van der Waals surface area contributed by atoms with Gasteiger partial charge in [0.1, 0.15) is 29.8 Å². The molecule has 0 spiro atoms. The lowest BCUT2D eigenvalue weighted by atomic mass is 9.69. The Kier molecular flexibility index (Phi) is 9.95. The number of piperidine rings is 1. The molecule has 2 atom stereocenters. The van der Waals surface area contributed by atoms with Crippen LogP contribution in [0.15, 0.2) is 103 Å². The maximum atomic E-state index is 12.4. The predicted octanol–water partition coefficient (Wildman–Crippen LogP) is 9.45. The number of hydrogen-bond donors (Lipinski definition) is 0. The van der Waals surface area contributed by atoms with Gasteiger partial charge in [0.25, 0.3) is 0 Å². The highest BCUT2D eigenvalue weighted by Crippen LogP contribution is 2.47. The van der Waals surface area contributed by atoms with Gasteiger partial charge in [0.15, 0.2) is 0 Å². The van der Waals surface area contributed by atoms with E-state index in [1.165, 1.54) is 27.8 Å². The normalized spacial score (nSPS) is 22.5. The van der Waals surface area contributed by atoms with Crippen molar-refractivity contribution in [3.8, 4) is 11.5 Å². The number of rotatable bonds is 9. The summed E-state index contributed by atoms with van der Waals surface area (Å²) in [5, 5.41) is 0. The van der Waals surface area contributed by atoms with E-state index >= 15 is 0 Å². The standard InChI is InChI=1S/C43H49NO5/c1-43(2,3)49-42(45)44-24-22-35(23-25-44)48-38-27-37(28-38)47-34-17-14-32(15-18-34)41-39(31-12-8-5-9-13-31)20-16-33-26-36(19-21-40(33)41)46-29-30-10-6-4-7-11-30/h4-15,17-19,21,26,35,37-39,41H,16,20,22-25,27-29H2,1-3H3/t37-,38-,39-,41+/m1/s1. The summed E-state index contributed by atoms with van der Waals surface area (Å²) in [6, 6.07) is 36.8. The molecule has 6 nitrogen and oxygen atoms in total. The minimum absolute atomic E-state index is 0.166. The van der Waals surface area contributed by atoms with Crippen LogP contribution in [0, 0.1) is 0 Å². The highest BCUT2D eigenvalue weighted by atomic mass is 16.6. The van der Waals surface area contributed by atoms with E-state index in [-0.39, 0.29) is 30.3 Å². The zero-order chi connectivity index (χ0) is 33.8.